The minimum Gasteiger partial charge on any atom is -0.481 e. The van der Waals surface area contributed by atoms with Gasteiger partial charge in [0.15, 0.2) is 6.04 Å². The summed E-state index contributed by atoms with van der Waals surface area (Å²) in [5.74, 6) is -1.18. The minimum atomic E-state index is -4.68. The summed E-state index contributed by atoms with van der Waals surface area (Å²) in [5, 5.41) is 12.8. The number of hydrogen-bond donors (Lipinski definition) is 2. The molecule has 0 bridgehead atoms. The summed E-state index contributed by atoms with van der Waals surface area (Å²) in [6, 6.07) is -3.09. The Balaban J connectivity index is 1.76. The van der Waals surface area contributed by atoms with Crippen molar-refractivity contribution in [1.82, 2.24) is 15.2 Å². The van der Waals surface area contributed by atoms with Crippen LogP contribution in [-0.4, -0.2) is 46.3 Å². The maximum absolute atomic E-state index is 13.3. The number of thiazole rings is 1. The number of carbonyl (C=O) groups excluding carboxylic acids is 1. The van der Waals surface area contributed by atoms with Crippen LogP contribution in [0.15, 0.2) is 5.38 Å². The van der Waals surface area contributed by atoms with E-state index in [2.05, 4.69) is 4.98 Å². The number of aliphatic carboxylic acids is 1. The molecule has 2 N–H and O–H groups in total. The van der Waals surface area contributed by atoms with Crippen molar-refractivity contribution in [3.8, 4) is 0 Å². The maximum atomic E-state index is 13.3. The number of hydrogen-bond acceptors (Lipinski definition) is 4. The molecule has 6 nitrogen and oxygen atoms in total. The van der Waals surface area contributed by atoms with Crippen molar-refractivity contribution >= 4 is 23.3 Å². The predicted octanol–water partition coefficient (Wildman–Crippen LogP) is 2.95. The lowest BCUT2D eigenvalue weighted by Crippen LogP contribution is -2.46. The summed E-state index contributed by atoms with van der Waals surface area (Å²) in [7, 11) is 0. The molecule has 1 unspecified atom stereocenters. The third-order valence-corrected chi connectivity index (χ3v) is 6.09. The van der Waals surface area contributed by atoms with Gasteiger partial charge in [-0.2, -0.15) is 13.2 Å². The number of carboxylic acid groups (broad SMARTS) is 1. The van der Waals surface area contributed by atoms with E-state index in [0.29, 0.717) is 18.5 Å². The van der Waals surface area contributed by atoms with Crippen LogP contribution in [0.5, 0.6) is 0 Å². The Bertz CT molecular complexity index is 693. The molecule has 1 aromatic heterocycles. The average molecular weight is 377 g/mol. The normalized spacial score (nSPS) is 27.2. The molecule has 1 aliphatic carbocycles. The largest absolute Gasteiger partial charge is 0.481 e. The molecule has 2 amide bonds. The predicted molar refractivity (Wildman–Crippen MR) is 83.2 cm³/mol. The van der Waals surface area contributed by atoms with Crippen LogP contribution in [0.3, 0.4) is 0 Å². The second-order valence-electron chi connectivity index (χ2n) is 6.68. The summed E-state index contributed by atoms with van der Waals surface area (Å²) in [6.07, 6.45) is -2.80. The molecule has 25 heavy (non-hydrogen) atoms. The number of nitrogens with zero attached hydrogens (tertiary/aromatic N) is 2. The highest BCUT2D eigenvalue weighted by molar-refractivity contribution is 7.09. The van der Waals surface area contributed by atoms with Gasteiger partial charge in [0.2, 0.25) is 0 Å². The Morgan fingerprint density at radius 1 is 1.52 bits per heavy atom. The van der Waals surface area contributed by atoms with E-state index in [1.54, 1.807) is 6.92 Å². The molecule has 3 atom stereocenters. The molecule has 0 spiro atoms. The first-order valence-electron chi connectivity index (χ1n) is 7.91. The molecule has 1 saturated heterocycles. The van der Waals surface area contributed by atoms with E-state index in [1.807, 2.05) is 5.32 Å². The van der Waals surface area contributed by atoms with Crippen molar-refractivity contribution in [2.75, 3.05) is 13.1 Å². The van der Waals surface area contributed by atoms with Crippen LogP contribution in [0.25, 0.3) is 0 Å². The van der Waals surface area contributed by atoms with E-state index in [0.717, 1.165) is 17.8 Å². The van der Waals surface area contributed by atoms with E-state index in [9.17, 15) is 27.9 Å². The fourth-order valence-electron chi connectivity index (χ4n) is 3.80. The second kappa shape index (κ2) is 6.15. The smallest absolute Gasteiger partial charge is 0.415 e. The van der Waals surface area contributed by atoms with E-state index in [4.69, 9.17) is 0 Å². The van der Waals surface area contributed by atoms with Crippen LogP contribution in [0.2, 0.25) is 0 Å². The number of amides is 2. The zero-order valence-corrected chi connectivity index (χ0v) is 14.3. The minimum absolute atomic E-state index is 0.0553. The molecule has 2 aliphatic rings. The van der Waals surface area contributed by atoms with Crippen molar-refractivity contribution in [3.63, 3.8) is 0 Å². The zero-order chi connectivity index (χ0) is 18.4. The first kappa shape index (κ1) is 18.0. The SMILES string of the molecule is Cc1csc(C(NC(=O)N2C[C@@H]3CCC[C@@]3(C(=O)O)C2)C(F)(F)F)n1. The Kier molecular flexibility index (Phi) is 4.42. The van der Waals surface area contributed by atoms with Crippen molar-refractivity contribution in [2.24, 2.45) is 11.3 Å². The van der Waals surface area contributed by atoms with Crippen molar-refractivity contribution < 1.29 is 27.9 Å². The first-order valence-corrected chi connectivity index (χ1v) is 8.79. The van der Waals surface area contributed by atoms with E-state index < -0.39 is 29.6 Å². The Labute approximate surface area is 146 Å². The lowest BCUT2D eigenvalue weighted by molar-refractivity contribution is -0.155. The van der Waals surface area contributed by atoms with Crippen LogP contribution in [0.1, 0.15) is 36.0 Å². The molecule has 3 rings (SSSR count). The summed E-state index contributed by atoms with van der Waals surface area (Å²) < 4.78 is 40.0. The number of nitrogens with one attached hydrogen (secondary N) is 1. The lowest BCUT2D eigenvalue weighted by atomic mass is 9.81. The molecule has 0 radical (unpaired) electrons. The third kappa shape index (κ3) is 3.19. The van der Waals surface area contributed by atoms with Crippen LogP contribution < -0.4 is 5.32 Å². The van der Waals surface area contributed by atoms with E-state index >= 15 is 0 Å². The van der Waals surface area contributed by atoms with Gasteiger partial charge >= 0.3 is 18.2 Å². The van der Waals surface area contributed by atoms with Gasteiger partial charge in [0, 0.05) is 24.2 Å². The third-order valence-electron chi connectivity index (χ3n) is 5.06. The zero-order valence-electron chi connectivity index (χ0n) is 13.5. The number of aromatic nitrogens is 1. The van der Waals surface area contributed by atoms with E-state index in [1.165, 1.54) is 10.3 Å². The van der Waals surface area contributed by atoms with Gasteiger partial charge in [-0.3, -0.25) is 4.79 Å². The summed E-state index contributed by atoms with van der Waals surface area (Å²) in [5.41, 5.74) is -0.577. The summed E-state index contributed by atoms with van der Waals surface area (Å²) in [4.78, 5) is 29.0. The highest BCUT2D eigenvalue weighted by atomic mass is 32.1. The van der Waals surface area contributed by atoms with Gasteiger partial charge in [-0.25, -0.2) is 9.78 Å². The molecular weight excluding hydrogens is 359 g/mol. The van der Waals surface area contributed by atoms with Crippen molar-refractivity contribution in [1.29, 1.82) is 0 Å². The highest BCUT2D eigenvalue weighted by Crippen LogP contribution is 2.49. The molecule has 0 aromatic carbocycles. The van der Waals surface area contributed by atoms with Gasteiger partial charge in [0.25, 0.3) is 0 Å². The number of alkyl halides is 3. The number of fused-ring (bicyclic) bond motifs is 1. The van der Waals surface area contributed by atoms with Gasteiger partial charge in [-0.1, -0.05) is 6.42 Å². The van der Waals surface area contributed by atoms with Gasteiger partial charge in [0.1, 0.15) is 5.01 Å². The fraction of sp³-hybridized carbons (Fsp3) is 0.667. The van der Waals surface area contributed by atoms with Crippen molar-refractivity contribution in [3.05, 3.63) is 16.1 Å². The maximum Gasteiger partial charge on any atom is 0.415 e. The molecule has 10 heteroatoms. The highest BCUT2D eigenvalue weighted by Gasteiger charge is 2.56. The number of carbonyl (C=O) groups is 2. The molecular formula is C15H18F3N3O3S. The molecule has 1 aromatic rings. The first-order chi connectivity index (χ1) is 11.6. The average Bonchev–Trinajstić information content (AvgIpc) is 3.16. The van der Waals surface area contributed by atoms with Gasteiger partial charge < -0.3 is 15.3 Å². The van der Waals surface area contributed by atoms with Crippen molar-refractivity contribution in [2.45, 2.75) is 38.4 Å². The number of urea groups is 1. The molecule has 2 fully saturated rings. The van der Waals surface area contributed by atoms with Crippen LogP contribution in [0.4, 0.5) is 18.0 Å². The van der Waals surface area contributed by atoms with Crippen LogP contribution in [-0.2, 0) is 4.79 Å². The van der Waals surface area contributed by atoms with Crippen LogP contribution >= 0.6 is 11.3 Å². The molecule has 2 heterocycles. The fourth-order valence-corrected chi connectivity index (χ4v) is 4.67. The topological polar surface area (TPSA) is 82.5 Å². The number of likely N-dealkylation sites (tertiary alicyclic amines) is 1. The number of halogens is 3. The molecule has 1 aliphatic heterocycles. The number of aryl methyl sites for hydroxylation is 1. The van der Waals surface area contributed by atoms with Crippen LogP contribution in [0, 0.1) is 18.3 Å². The summed E-state index contributed by atoms with van der Waals surface area (Å²) in [6.45, 7) is 1.69. The monoisotopic (exact) mass is 377 g/mol. The number of rotatable bonds is 3. The van der Waals surface area contributed by atoms with E-state index in [-0.39, 0.29) is 24.0 Å². The standard InChI is InChI=1S/C15H18F3N3O3S/c1-8-6-25-11(19-8)10(15(16,17)18)20-13(24)21-5-9-3-2-4-14(9,7-21)12(22)23/h6,9-10H,2-5,7H2,1H3,(H,20,24)(H,22,23)/t9-,10?,14+/m0/s1. The second-order valence-corrected chi connectivity index (χ2v) is 7.57. The lowest BCUT2D eigenvalue weighted by Gasteiger charge is -2.25. The number of carboxylic acids is 1. The quantitative estimate of drug-likeness (QED) is 0.849. The Morgan fingerprint density at radius 2 is 2.24 bits per heavy atom. The summed E-state index contributed by atoms with van der Waals surface area (Å²) >= 11 is 0.831. The van der Waals surface area contributed by atoms with Gasteiger partial charge in [0.05, 0.1) is 5.41 Å². The molecule has 138 valence electrons. The van der Waals surface area contributed by atoms with Gasteiger partial charge in [-0.15, -0.1) is 11.3 Å². The Morgan fingerprint density at radius 3 is 2.76 bits per heavy atom. The van der Waals surface area contributed by atoms with Gasteiger partial charge in [-0.05, 0) is 25.7 Å². The molecule has 1 saturated carbocycles. The Hall–Kier alpha value is -1.84.